The molecule has 1 atom stereocenters. The quantitative estimate of drug-likeness (QED) is 0.343. The fourth-order valence-electron chi connectivity index (χ4n) is 5.10. The number of aromatic nitrogens is 4. The Balaban J connectivity index is 1.48. The summed E-state index contributed by atoms with van der Waals surface area (Å²) in [6.07, 6.45) is 1.41. The minimum absolute atomic E-state index is 0.273. The Morgan fingerprint density at radius 3 is 2.72 bits per heavy atom. The van der Waals surface area contributed by atoms with Crippen molar-refractivity contribution in [1.82, 2.24) is 24.1 Å². The van der Waals surface area contributed by atoms with E-state index in [0.29, 0.717) is 31.1 Å². The molecule has 6 rings (SSSR count). The molecule has 0 spiro atoms. The van der Waals surface area contributed by atoms with Gasteiger partial charge in [0.15, 0.2) is 12.1 Å². The first kappa shape index (κ1) is 22.5. The summed E-state index contributed by atoms with van der Waals surface area (Å²) in [5.41, 5.74) is 5.57. The molecule has 0 radical (unpaired) electrons. The van der Waals surface area contributed by atoms with Crippen molar-refractivity contribution in [2.75, 3.05) is 18.4 Å². The summed E-state index contributed by atoms with van der Waals surface area (Å²) in [6.45, 7) is 4.86. The Kier molecular flexibility index (Phi) is 5.75. The number of aryl methyl sites for hydroxylation is 1. The topological polar surface area (TPSA) is 87.7 Å². The van der Waals surface area contributed by atoms with E-state index >= 15 is 0 Å². The van der Waals surface area contributed by atoms with Gasteiger partial charge < -0.3 is 10.4 Å². The second-order valence-corrected chi connectivity index (χ2v) is 9.42. The standard InChI is InChI=1S/C28H28N6O2/c1-19-14-24-21(18-35)8-5-9-25(24)33(19)28-30-27(29-15-20-6-3-2-4-7-20)26-11-10-22(34(26)31-28)16-32-13-12-23(36)17-32/h2-11,14,18,23,36H,12-13,15-17H2,1H3,(H,29,30,31). The number of nitrogens with one attached hydrogen (secondary N) is 1. The molecule has 0 saturated carbocycles. The Labute approximate surface area is 208 Å². The lowest BCUT2D eigenvalue weighted by Gasteiger charge is -2.16. The number of carbonyl (C=O) groups excluding carboxylic acids is 1. The van der Waals surface area contributed by atoms with Gasteiger partial charge in [-0.25, -0.2) is 4.52 Å². The lowest BCUT2D eigenvalue weighted by molar-refractivity contribution is 0.112. The van der Waals surface area contributed by atoms with Crippen LogP contribution < -0.4 is 5.32 Å². The predicted molar refractivity (Wildman–Crippen MR) is 140 cm³/mol. The third-order valence-corrected chi connectivity index (χ3v) is 6.90. The van der Waals surface area contributed by atoms with E-state index in [2.05, 4.69) is 28.4 Å². The lowest BCUT2D eigenvalue weighted by Crippen LogP contribution is -2.23. The van der Waals surface area contributed by atoms with E-state index in [-0.39, 0.29) is 6.10 Å². The maximum atomic E-state index is 11.6. The molecule has 0 amide bonds. The normalized spacial score (nSPS) is 16.2. The Morgan fingerprint density at radius 2 is 1.94 bits per heavy atom. The number of hydrogen-bond acceptors (Lipinski definition) is 6. The number of rotatable bonds is 7. The molecule has 1 aliphatic heterocycles. The predicted octanol–water partition coefficient (Wildman–Crippen LogP) is 3.97. The summed E-state index contributed by atoms with van der Waals surface area (Å²) in [6, 6.07) is 22.1. The van der Waals surface area contributed by atoms with Gasteiger partial charge in [0.25, 0.3) is 5.95 Å². The number of fused-ring (bicyclic) bond motifs is 2. The highest BCUT2D eigenvalue weighted by Crippen LogP contribution is 2.27. The lowest BCUT2D eigenvalue weighted by atomic mass is 10.1. The molecule has 5 aromatic rings. The van der Waals surface area contributed by atoms with Gasteiger partial charge in [-0.1, -0.05) is 42.5 Å². The average Bonchev–Trinajstić information content (AvgIpc) is 3.59. The maximum absolute atomic E-state index is 11.6. The highest BCUT2D eigenvalue weighted by Gasteiger charge is 2.22. The number of aldehydes is 1. The first-order valence-corrected chi connectivity index (χ1v) is 12.2. The van der Waals surface area contributed by atoms with Gasteiger partial charge in [-0.05, 0) is 43.2 Å². The monoisotopic (exact) mass is 480 g/mol. The molecular weight excluding hydrogens is 452 g/mol. The summed E-state index contributed by atoms with van der Waals surface area (Å²) in [4.78, 5) is 18.9. The third kappa shape index (κ3) is 4.04. The van der Waals surface area contributed by atoms with Gasteiger partial charge in [0, 0.05) is 42.8 Å². The zero-order valence-corrected chi connectivity index (χ0v) is 20.1. The van der Waals surface area contributed by atoms with Gasteiger partial charge in [-0.15, -0.1) is 5.10 Å². The third-order valence-electron chi connectivity index (χ3n) is 6.90. The molecule has 36 heavy (non-hydrogen) atoms. The molecule has 1 saturated heterocycles. The summed E-state index contributed by atoms with van der Waals surface area (Å²) < 4.78 is 3.95. The average molecular weight is 481 g/mol. The zero-order valence-electron chi connectivity index (χ0n) is 20.1. The molecule has 3 aromatic heterocycles. The summed E-state index contributed by atoms with van der Waals surface area (Å²) in [5, 5.41) is 19.4. The maximum Gasteiger partial charge on any atom is 0.254 e. The van der Waals surface area contributed by atoms with Crippen LogP contribution in [0.15, 0.2) is 66.7 Å². The number of nitrogens with zero attached hydrogens (tertiary/aromatic N) is 5. The number of benzene rings is 2. The number of β-amino-alcohol motifs (C(OH)–C–C–N with tert-alkyl or cyclic N) is 1. The molecule has 4 heterocycles. The molecule has 1 fully saturated rings. The fourth-order valence-corrected chi connectivity index (χ4v) is 5.10. The molecule has 2 N–H and O–H groups in total. The Morgan fingerprint density at radius 1 is 1.08 bits per heavy atom. The summed E-state index contributed by atoms with van der Waals surface area (Å²) in [5.74, 6) is 1.27. The highest BCUT2D eigenvalue weighted by molar-refractivity contribution is 5.98. The van der Waals surface area contributed by atoms with Gasteiger partial charge in [-0.2, -0.15) is 4.98 Å². The molecule has 0 aliphatic carbocycles. The van der Waals surface area contributed by atoms with Crippen LogP contribution in [0.1, 0.15) is 33.7 Å². The number of aliphatic hydroxyl groups is 1. The van der Waals surface area contributed by atoms with E-state index in [1.54, 1.807) is 0 Å². The van der Waals surface area contributed by atoms with Gasteiger partial charge in [0.1, 0.15) is 5.52 Å². The van der Waals surface area contributed by atoms with E-state index < -0.39 is 0 Å². The van der Waals surface area contributed by atoms with E-state index in [1.807, 2.05) is 64.5 Å². The first-order chi connectivity index (χ1) is 17.6. The van der Waals surface area contributed by atoms with Gasteiger partial charge >= 0.3 is 0 Å². The van der Waals surface area contributed by atoms with Gasteiger partial charge in [-0.3, -0.25) is 14.3 Å². The number of hydrogen-bond donors (Lipinski definition) is 2. The van der Waals surface area contributed by atoms with Crippen molar-refractivity contribution in [2.24, 2.45) is 0 Å². The molecule has 0 bridgehead atoms. The van der Waals surface area contributed by atoms with Crippen LogP contribution in [0.3, 0.4) is 0 Å². The Bertz CT molecular complexity index is 1560. The summed E-state index contributed by atoms with van der Waals surface area (Å²) >= 11 is 0. The van der Waals surface area contributed by atoms with Crippen LogP contribution in [0.4, 0.5) is 5.82 Å². The van der Waals surface area contributed by atoms with Crippen LogP contribution in [0.25, 0.3) is 22.4 Å². The fraction of sp³-hybridized carbons (Fsp3) is 0.250. The molecule has 1 unspecified atom stereocenters. The molecule has 182 valence electrons. The van der Waals surface area contributed by atoms with Gasteiger partial charge in [0.2, 0.25) is 0 Å². The van der Waals surface area contributed by atoms with E-state index in [1.165, 1.54) is 0 Å². The minimum Gasteiger partial charge on any atom is -0.392 e. The SMILES string of the molecule is Cc1cc2c(C=O)cccc2n1-c1nc(NCc2ccccc2)c2ccc(CN3CCC(O)C3)n2n1. The van der Waals surface area contributed by atoms with Crippen molar-refractivity contribution < 1.29 is 9.90 Å². The van der Waals surface area contributed by atoms with Crippen molar-refractivity contribution in [1.29, 1.82) is 0 Å². The second kappa shape index (κ2) is 9.22. The number of anilines is 1. The molecular formula is C28H28N6O2. The van der Waals surface area contributed by atoms with Crippen molar-refractivity contribution in [3.63, 3.8) is 0 Å². The van der Waals surface area contributed by atoms with Gasteiger partial charge in [0.05, 0.1) is 17.3 Å². The van der Waals surface area contributed by atoms with Crippen LogP contribution >= 0.6 is 0 Å². The van der Waals surface area contributed by atoms with Crippen molar-refractivity contribution in [3.05, 3.63) is 89.2 Å². The second-order valence-electron chi connectivity index (χ2n) is 9.42. The first-order valence-electron chi connectivity index (χ1n) is 12.2. The molecule has 8 heteroatoms. The number of likely N-dealkylation sites (tertiary alicyclic amines) is 1. The molecule has 1 aliphatic rings. The molecule has 2 aromatic carbocycles. The van der Waals surface area contributed by atoms with Crippen LogP contribution in [-0.2, 0) is 13.1 Å². The van der Waals surface area contributed by atoms with Crippen molar-refractivity contribution in [2.45, 2.75) is 32.5 Å². The zero-order chi connectivity index (χ0) is 24.6. The number of carbonyl (C=O) groups is 1. The van der Waals surface area contributed by atoms with Crippen molar-refractivity contribution >= 4 is 28.5 Å². The minimum atomic E-state index is -0.273. The largest absolute Gasteiger partial charge is 0.392 e. The van der Waals surface area contributed by atoms with Crippen LogP contribution in [-0.4, -0.2) is 54.7 Å². The van der Waals surface area contributed by atoms with Crippen LogP contribution in [0.5, 0.6) is 0 Å². The van der Waals surface area contributed by atoms with Crippen molar-refractivity contribution in [3.8, 4) is 5.95 Å². The smallest absolute Gasteiger partial charge is 0.254 e. The molecule has 8 nitrogen and oxygen atoms in total. The number of aliphatic hydroxyl groups excluding tert-OH is 1. The van der Waals surface area contributed by atoms with Crippen LogP contribution in [0, 0.1) is 6.92 Å². The highest BCUT2D eigenvalue weighted by atomic mass is 16.3. The Hall–Kier alpha value is -4.01. The van der Waals surface area contributed by atoms with E-state index in [4.69, 9.17) is 10.1 Å². The summed E-state index contributed by atoms with van der Waals surface area (Å²) in [7, 11) is 0. The van der Waals surface area contributed by atoms with E-state index in [9.17, 15) is 9.90 Å². The van der Waals surface area contributed by atoms with E-state index in [0.717, 1.165) is 58.4 Å². The van der Waals surface area contributed by atoms with Crippen LogP contribution in [0.2, 0.25) is 0 Å².